The van der Waals surface area contributed by atoms with E-state index in [2.05, 4.69) is 4.90 Å². The Bertz CT molecular complexity index is 1590. The first kappa shape index (κ1) is 31.4. The number of carbonyl (C=O) groups is 2. The molecule has 0 bridgehead atoms. The summed E-state index contributed by atoms with van der Waals surface area (Å²) in [6.45, 7) is 2.88. The lowest BCUT2D eigenvalue weighted by molar-refractivity contribution is -0.137. The molecule has 3 aliphatic rings. The van der Waals surface area contributed by atoms with Gasteiger partial charge in [0.05, 0.1) is 37.6 Å². The number of methoxy groups -OCH3 is 1. The van der Waals surface area contributed by atoms with Crippen molar-refractivity contribution in [1.82, 2.24) is 14.8 Å². The number of fused-ring (bicyclic) bond motifs is 1. The highest BCUT2D eigenvalue weighted by atomic mass is 19.4. The van der Waals surface area contributed by atoms with Gasteiger partial charge in [0.25, 0.3) is 11.8 Å². The van der Waals surface area contributed by atoms with E-state index in [0.717, 1.165) is 35.4 Å². The number of nitrogens with zero attached hydrogens (tertiary/aromatic N) is 4. The Morgan fingerprint density at radius 3 is 2.39 bits per heavy atom. The zero-order valence-corrected chi connectivity index (χ0v) is 25.2. The van der Waals surface area contributed by atoms with Crippen LogP contribution in [0, 0.1) is 0 Å². The van der Waals surface area contributed by atoms with E-state index in [0.29, 0.717) is 62.2 Å². The summed E-state index contributed by atoms with van der Waals surface area (Å²) in [5.74, 6) is 0.863. The average Bonchev–Trinajstić information content (AvgIpc) is 3.74. The fraction of sp³-hybridized carbons (Fsp3) is 0.364. The minimum absolute atomic E-state index is 0.0546. The van der Waals surface area contributed by atoms with Gasteiger partial charge < -0.3 is 23.8 Å². The zero-order valence-electron chi connectivity index (χ0n) is 25.2. The normalized spacial score (nSPS) is 18.0. The maximum Gasteiger partial charge on any atom is 0.416 e. The number of halogens is 3. The molecule has 0 saturated carbocycles. The summed E-state index contributed by atoms with van der Waals surface area (Å²) in [6, 6.07) is 16.4. The minimum Gasteiger partial charge on any atom is -0.497 e. The third-order valence-electron chi connectivity index (χ3n) is 8.23. The van der Waals surface area contributed by atoms with E-state index in [1.807, 2.05) is 36.4 Å². The average molecular weight is 639 g/mol. The van der Waals surface area contributed by atoms with E-state index in [9.17, 15) is 22.8 Å². The van der Waals surface area contributed by atoms with Crippen molar-refractivity contribution in [3.05, 3.63) is 89.0 Å². The zero-order chi connectivity index (χ0) is 32.3. The largest absolute Gasteiger partial charge is 0.497 e. The third kappa shape index (κ3) is 6.95. The van der Waals surface area contributed by atoms with Crippen LogP contribution in [0.4, 0.5) is 13.2 Å². The first-order valence-corrected chi connectivity index (χ1v) is 14.9. The topological polar surface area (TPSA) is 93.1 Å². The highest BCUT2D eigenvalue weighted by molar-refractivity contribution is 6.04. The molecule has 10 nitrogen and oxygen atoms in total. The van der Waals surface area contributed by atoms with Gasteiger partial charge in [0.15, 0.2) is 11.5 Å². The molecule has 0 radical (unpaired) electrons. The van der Waals surface area contributed by atoms with Crippen LogP contribution < -0.4 is 14.2 Å². The van der Waals surface area contributed by atoms with Gasteiger partial charge in [0.1, 0.15) is 12.3 Å². The lowest BCUT2D eigenvalue weighted by Crippen LogP contribution is -2.46. The number of alkyl halides is 3. The second-order valence-corrected chi connectivity index (χ2v) is 11.1. The maximum absolute atomic E-state index is 14.1. The summed E-state index contributed by atoms with van der Waals surface area (Å²) in [6.07, 6.45) is -4.13. The van der Waals surface area contributed by atoms with Gasteiger partial charge in [-0.1, -0.05) is 6.07 Å². The van der Waals surface area contributed by atoms with Gasteiger partial charge in [-0.3, -0.25) is 14.5 Å². The van der Waals surface area contributed by atoms with E-state index in [4.69, 9.17) is 24.0 Å². The lowest BCUT2D eigenvalue weighted by atomic mass is 9.98. The van der Waals surface area contributed by atoms with Gasteiger partial charge in [0.2, 0.25) is 6.79 Å². The van der Waals surface area contributed by atoms with Gasteiger partial charge in [-0.15, -0.1) is 0 Å². The van der Waals surface area contributed by atoms with Crippen LogP contribution in [0.5, 0.6) is 17.2 Å². The smallest absolute Gasteiger partial charge is 0.416 e. The van der Waals surface area contributed by atoms with Gasteiger partial charge >= 0.3 is 6.18 Å². The highest BCUT2D eigenvalue weighted by Gasteiger charge is 2.36. The van der Waals surface area contributed by atoms with Gasteiger partial charge in [0, 0.05) is 38.2 Å². The molecule has 13 heteroatoms. The Morgan fingerprint density at radius 2 is 1.70 bits per heavy atom. The molecular formula is C33H33F3N4O6. The van der Waals surface area contributed by atoms with Crippen molar-refractivity contribution in [2.45, 2.75) is 18.6 Å². The highest BCUT2D eigenvalue weighted by Crippen LogP contribution is 2.39. The molecule has 0 N–H and O–H groups in total. The molecule has 1 saturated heterocycles. The summed E-state index contributed by atoms with van der Waals surface area (Å²) < 4.78 is 61.3. The Labute approximate surface area is 263 Å². The lowest BCUT2D eigenvalue weighted by Gasteiger charge is -2.31. The van der Waals surface area contributed by atoms with Gasteiger partial charge in [-0.2, -0.15) is 18.3 Å². The first-order valence-electron chi connectivity index (χ1n) is 14.9. The SMILES string of the molecule is COc1ccc(C2=NN(C(=O)CN(CCN3CCOCC3)C(=O)c3ccc(C(F)(F)F)cc3)[C@@H](c3ccc4c(c3)OCO4)C2)cc1. The van der Waals surface area contributed by atoms with Crippen molar-refractivity contribution in [3.8, 4) is 17.2 Å². The molecule has 2 amide bonds. The number of hydrogen-bond acceptors (Lipinski definition) is 8. The predicted molar refractivity (Wildman–Crippen MR) is 161 cm³/mol. The van der Waals surface area contributed by atoms with Crippen LogP contribution in [0.25, 0.3) is 0 Å². The Morgan fingerprint density at radius 1 is 0.978 bits per heavy atom. The minimum atomic E-state index is -4.54. The third-order valence-corrected chi connectivity index (χ3v) is 8.23. The molecule has 0 aliphatic carbocycles. The molecule has 3 aromatic rings. The van der Waals surface area contributed by atoms with Crippen molar-refractivity contribution in [2.24, 2.45) is 5.10 Å². The van der Waals surface area contributed by atoms with Crippen LogP contribution in [-0.2, 0) is 15.7 Å². The van der Waals surface area contributed by atoms with Crippen LogP contribution >= 0.6 is 0 Å². The summed E-state index contributed by atoms with van der Waals surface area (Å²) in [4.78, 5) is 31.3. The second-order valence-electron chi connectivity index (χ2n) is 11.1. The van der Waals surface area contributed by atoms with Crippen molar-refractivity contribution in [3.63, 3.8) is 0 Å². The molecule has 0 spiro atoms. The van der Waals surface area contributed by atoms with Crippen molar-refractivity contribution < 1.29 is 41.7 Å². The van der Waals surface area contributed by atoms with Crippen LogP contribution in [-0.4, -0.2) is 92.2 Å². The fourth-order valence-electron chi connectivity index (χ4n) is 5.64. The van der Waals surface area contributed by atoms with Gasteiger partial charge in [-0.05, 0) is 71.8 Å². The number of hydrogen-bond donors (Lipinski definition) is 0. The second kappa shape index (κ2) is 13.4. The molecule has 3 aromatic carbocycles. The van der Waals surface area contributed by atoms with Crippen molar-refractivity contribution in [1.29, 1.82) is 0 Å². The Hall–Kier alpha value is -4.62. The molecule has 1 fully saturated rings. The Balaban J connectivity index is 1.28. The van der Waals surface area contributed by atoms with Crippen LogP contribution in [0.2, 0.25) is 0 Å². The predicted octanol–water partition coefficient (Wildman–Crippen LogP) is 4.60. The molecule has 0 unspecified atom stereocenters. The van der Waals surface area contributed by atoms with Crippen molar-refractivity contribution in [2.75, 3.05) is 59.8 Å². The van der Waals surface area contributed by atoms with Gasteiger partial charge in [-0.25, -0.2) is 5.01 Å². The van der Waals surface area contributed by atoms with E-state index >= 15 is 0 Å². The number of hydrazone groups is 1. The van der Waals surface area contributed by atoms with Crippen LogP contribution in [0.15, 0.2) is 71.8 Å². The van der Waals surface area contributed by atoms with E-state index in [1.165, 1.54) is 9.91 Å². The molecule has 1 atom stereocenters. The first-order chi connectivity index (χ1) is 22.2. The summed E-state index contributed by atoms with van der Waals surface area (Å²) in [7, 11) is 1.58. The summed E-state index contributed by atoms with van der Waals surface area (Å²) in [5, 5.41) is 6.12. The molecule has 3 aliphatic heterocycles. The standard InChI is InChI=1S/C33H33F3N4O6/c1-43-26-9-4-22(5-10-26)27-19-28(24-6-11-29-30(18-24)46-21-45-29)40(37-27)31(41)20-39(13-12-38-14-16-44-17-15-38)32(42)23-2-7-25(8-3-23)33(34,35)36/h2-11,18,28H,12-17,19-21H2,1H3/t28-/m1/s1. The molecule has 6 rings (SSSR count). The number of benzene rings is 3. The molecule has 46 heavy (non-hydrogen) atoms. The van der Waals surface area contributed by atoms with E-state index in [1.54, 1.807) is 13.2 Å². The van der Waals surface area contributed by atoms with Crippen LogP contribution in [0.3, 0.4) is 0 Å². The van der Waals surface area contributed by atoms with Crippen LogP contribution in [0.1, 0.15) is 39.5 Å². The molecule has 0 aromatic heterocycles. The monoisotopic (exact) mass is 638 g/mol. The summed E-state index contributed by atoms with van der Waals surface area (Å²) >= 11 is 0. The molecule has 242 valence electrons. The number of carbonyl (C=O) groups excluding carboxylic acids is 2. The van der Waals surface area contributed by atoms with Crippen molar-refractivity contribution >= 4 is 17.5 Å². The fourth-order valence-corrected chi connectivity index (χ4v) is 5.64. The maximum atomic E-state index is 14.1. The Kier molecular flexibility index (Phi) is 9.13. The number of morpholine rings is 1. The number of ether oxygens (including phenoxy) is 4. The molecular weight excluding hydrogens is 605 g/mol. The number of rotatable bonds is 9. The number of amides is 2. The molecule has 3 heterocycles. The quantitative estimate of drug-likeness (QED) is 0.339. The van der Waals surface area contributed by atoms with E-state index < -0.39 is 29.6 Å². The summed E-state index contributed by atoms with van der Waals surface area (Å²) in [5.41, 5.74) is 1.46. The van der Waals surface area contributed by atoms with E-state index in [-0.39, 0.29) is 25.4 Å².